The molecule has 1 heterocycles. The summed E-state index contributed by atoms with van der Waals surface area (Å²) in [6, 6.07) is 6.02. The fraction of sp³-hybridized carbons (Fsp3) is 0.357. The minimum Gasteiger partial charge on any atom is -0.481 e. The van der Waals surface area contributed by atoms with Crippen LogP contribution in [0.15, 0.2) is 28.9 Å². The first-order chi connectivity index (χ1) is 8.20. The van der Waals surface area contributed by atoms with Crippen molar-refractivity contribution in [3.8, 4) is 0 Å². The molecule has 0 saturated heterocycles. The molecule has 0 atom stereocenters. The Balaban J connectivity index is 2.32. The summed E-state index contributed by atoms with van der Waals surface area (Å²) in [5, 5.41) is 9.75. The summed E-state index contributed by atoms with van der Waals surface area (Å²) < 4.78 is 5.35. The number of fused-ring (bicyclic) bond motifs is 1. The maximum Gasteiger partial charge on any atom is 0.307 e. The summed E-state index contributed by atoms with van der Waals surface area (Å²) in [5.41, 5.74) is 2.76. The van der Waals surface area contributed by atoms with Gasteiger partial charge in [0.05, 0.1) is 12.7 Å². The molecule has 0 spiro atoms. The van der Waals surface area contributed by atoms with E-state index in [1.54, 1.807) is 6.26 Å². The van der Waals surface area contributed by atoms with Crippen LogP contribution in [0, 0.1) is 0 Å². The van der Waals surface area contributed by atoms with Gasteiger partial charge in [-0.05, 0) is 30.5 Å². The fourth-order valence-corrected chi connectivity index (χ4v) is 1.97. The van der Waals surface area contributed by atoms with Gasteiger partial charge in [-0.25, -0.2) is 0 Å². The minimum absolute atomic E-state index is 0.0181. The topological polar surface area (TPSA) is 50.4 Å². The molecule has 0 fully saturated rings. The third-order valence-corrected chi connectivity index (χ3v) is 2.88. The Morgan fingerprint density at radius 2 is 2.24 bits per heavy atom. The van der Waals surface area contributed by atoms with Gasteiger partial charge in [0, 0.05) is 10.9 Å². The lowest BCUT2D eigenvalue weighted by Crippen LogP contribution is -1.98. The molecule has 0 saturated carbocycles. The fourth-order valence-electron chi connectivity index (χ4n) is 1.97. The van der Waals surface area contributed by atoms with Crippen molar-refractivity contribution < 1.29 is 14.3 Å². The molecule has 90 valence electrons. The third kappa shape index (κ3) is 2.67. The zero-order valence-electron chi connectivity index (χ0n) is 9.90. The third-order valence-electron chi connectivity index (χ3n) is 2.88. The number of aliphatic carboxylic acids is 1. The number of aryl methyl sites for hydroxylation is 1. The molecule has 0 amide bonds. The van der Waals surface area contributed by atoms with E-state index in [-0.39, 0.29) is 6.42 Å². The van der Waals surface area contributed by atoms with E-state index in [4.69, 9.17) is 9.52 Å². The van der Waals surface area contributed by atoms with E-state index in [0.717, 1.165) is 35.8 Å². The molecular formula is C14H16O3. The number of carbonyl (C=O) groups is 1. The lowest BCUT2D eigenvalue weighted by molar-refractivity contribution is -0.136. The molecule has 17 heavy (non-hydrogen) atoms. The van der Waals surface area contributed by atoms with E-state index in [0.29, 0.717) is 0 Å². The maximum atomic E-state index is 10.7. The van der Waals surface area contributed by atoms with Gasteiger partial charge < -0.3 is 9.52 Å². The van der Waals surface area contributed by atoms with E-state index in [1.165, 1.54) is 5.56 Å². The van der Waals surface area contributed by atoms with Gasteiger partial charge in [-0.15, -0.1) is 0 Å². The van der Waals surface area contributed by atoms with Gasteiger partial charge in [0.2, 0.25) is 0 Å². The number of rotatable bonds is 5. The van der Waals surface area contributed by atoms with Crippen LogP contribution < -0.4 is 0 Å². The molecule has 3 nitrogen and oxygen atoms in total. The summed E-state index contributed by atoms with van der Waals surface area (Å²) in [7, 11) is 0. The molecule has 0 aliphatic heterocycles. The van der Waals surface area contributed by atoms with Gasteiger partial charge in [-0.1, -0.05) is 19.4 Å². The predicted octanol–water partition coefficient (Wildman–Crippen LogP) is 3.40. The normalized spacial score (nSPS) is 10.9. The van der Waals surface area contributed by atoms with Crippen molar-refractivity contribution in [1.82, 2.24) is 0 Å². The Hall–Kier alpha value is -1.77. The van der Waals surface area contributed by atoms with Crippen molar-refractivity contribution in [1.29, 1.82) is 0 Å². The predicted molar refractivity (Wildman–Crippen MR) is 66.2 cm³/mol. The highest BCUT2D eigenvalue weighted by Gasteiger charge is 2.09. The van der Waals surface area contributed by atoms with Crippen molar-refractivity contribution in [3.05, 3.63) is 35.6 Å². The average molecular weight is 232 g/mol. The number of furan rings is 1. The van der Waals surface area contributed by atoms with Crippen molar-refractivity contribution in [3.63, 3.8) is 0 Å². The molecule has 0 aliphatic rings. The van der Waals surface area contributed by atoms with E-state index >= 15 is 0 Å². The molecule has 1 aromatic heterocycles. The van der Waals surface area contributed by atoms with Crippen LogP contribution >= 0.6 is 0 Å². The van der Waals surface area contributed by atoms with Crippen molar-refractivity contribution in [2.45, 2.75) is 32.6 Å². The van der Waals surface area contributed by atoms with Crippen molar-refractivity contribution in [2.75, 3.05) is 0 Å². The quantitative estimate of drug-likeness (QED) is 0.859. The van der Waals surface area contributed by atoms with Crippen LogP contribution in [-0.4, -0.2) is 11.1 Å². The Morgan fingerprint density at radius 3 is 2.94 bits per heavy atom. The van der Waals surface area contributed by atoms with E-state index in [9.17, 15) is 4.79 Å². The molecule has 2 aromatic rings. The standard InChI is InChI=1S/C14H16O3/c1-2-3-4-10-5-6-13-12(7-10)11(9-17-13)8-14(15)16/h5-7,9H,2-4,8H2,1H3,(H,15,16). The van der Waals surface area contributed by atoms with Crippen LogP contribution in [0.2, 0.25) is 0 Å². The maximum absolute atomic E-state index is 10.7. The first kappa shape index (κ1) is 11.7. The summed E-state index contributed by atoms with van der Waals surface area (Å²) in [6.45, 7) is 2.16. The second-order valence-electron chi connectivity index (χ2n) is 4.27. The van der Waals surface area contributed by atoms with Crippen LogP contribution in [0.25, 0.3) is 11.0 Å². The van der Waals surface area contributed by atoms with Crippen molar-refractivity contribution >= 4 is 16.9 Å². The average Bonchev–Trinajstić information content (AvgIpc) is 2.69. The lowest BCUT2D eigenvalue weighted by atomic mass is 10.0. The molecule has 1 N–H and O–H groups in total. The first-order valence-corrected chi connectivity index (χ1v) is 5.91. The van der Waals surface area contributed by atoms with Gasteiger partial charge in [0.25, 0.3) is 0 Å². The molecule has 0 radical (unpaired) electrons. The lowest BCUT2D eigenvalue weighted by Gasteiger charge is -2.00. The van der Waals surface area contributed by atoms with Gasteiger partial charge >= 0.3 is 5.97 Å². The summed E-state index contributed by atoms with van der Waals surface area (Å²) in [5.74, 6) is -0.827. The van der Waals surface area contributed by atoms with Gasteiger partial charge in [0.15, 0.2) is 0 Å². The SMILES string of the molecule is CCCCc1ccc2occ(CC(=O)O)c2c1. The Kier molecular flexibility index (Phi) is 3.47. The van der Waals surface area contributed by atoms with E-state index in [2.05, 4.69) is 6.92 Å². The monoisotopic (exact) mass is 232 g/mol. The van der Waals surface area contributed by atoms with Crippen LogP contribution in [0.4, 0.5) is 0 Å². The zero-order valence-corrected chi connectivity index (χ0v) is 9.90. The summed E-state index contributed by atoms with van der Waals surface area (Å²) in [4.78, 5) is 10.7. The Bertz CT molecular complexity index is 525. The first-order valence-electron chi connectivity index (χ1n) is 5.91. The molecule has 0 unspecified atom stereocenters. The highest BCUT2D eigenvalue weighted by atomic mass is 16.4. The number of unbranched alkanes of at least 4 members (excludes halogenated alkanes) is 1. The van der Waals surface area contributed by atoms with E-state index < -0.39 is 5.97 Å². The van der Waals surface area contributed by atoms with Crippen molar-refractivity contribution in [2.24, 2.45) is 0 Å². The highest BCUT2D eigenvalue weighted by molar-refractivity contribution is 5.85. The van der Waals surface area contributed by atoms with Crippen LogP contribution in [0.5, 0.6) is 0 Å². The van der Waals surface area contributed by atoms with Gasteiger partial charge in [0.1, 0.15) is 5.58 Å². The summed E-state index contributed by atoms with van der Waals surface area (Å²) >= 11 is 0. The second kappa shape index (κ2) is 5.04. The number of hydrogen-bond donors (Lipinski definition) is 1. The molecule has 1 aromatic carbocycles. The van der Waals surface area contributed by atoms with Crippen LogP contribution in [-0.2, 0) is 17.6 Å². The Morgan fingerprint density at radius 1 is 1.41 bits per heavy atom. The largest absolute Gasteiger partial charge is 0.481 e. The van der Waals surface area contributed by atoms with Gasteiger partial charge in [-0.3, -0.25) is 4.79 Å². The van der Waals surface area contributed by atoms with E-state index in [1.807, 2.05) is 18.2 Å². The van der Waals surface area contributed by atoms with Crippen LogP contribution in [0.1, 0.15) is 30.9 Å². The molecule has 0 bridgehead atoms. The number of benzene rings is 1. The second-order valence-corrected chi connectivity index (χ2v) is 4.27. The molecule has 2 rings (SSSR count). The van der Waals surface area contributed by atoms with Crippen LogP contribution in [0.3, 0.4) is 0 Å². The number of carboxylic acids is 1. The zero-order chi connectivity index (χ0) is 12.3. The highest BCUT2D eigenvalue weighted by Crippen LogP contribution is 2.23. The molecular weight excluding hydrogens is 216 g/mol. The molecule has 3 heteroatoms. The molecule has 0 aliphatic carbocycles. The summed E-state index contributed by atoms with van der Waals surface area (Å²) in [6.07, 6.45) is 4.90. The van der Waals surface area contributed by atoms with Gasteiger partial charge in [-0.2, -0.15) is 0 Å². The minimum atomic E-state index is -0.827. The number of hydrogen-bond acceptors (Lipinski definition) is 2. The smallest absolute Gasteiger partial charge is 0.307 e. The number of carboxylic acid groups (broad SMARTS) is 1. The Labute approximate surface area is 100 Å².